The minimum absolute atomic E-state index is 0.00694. The Morgan fingerprint density at radius 1 is 1.23 bits per heavy atom. The minimum Gasteiger partial charge on any atom is -0.496 e. The molecule has 4 rings (SSSR count). The zero-order chi connectivity index (χ0) is 22.0. The zero-order valence-electron chi connectivity index (χ0n) is 17.6. The highest BCUT2D eigenvalue weighted by Crippen LogP contribution is 2.35. The van der Waals surface area contributed by atoms with Crippen molar-refractivity contribution in [2.45, 2.75) is 26.3 Å². The Hall–Kier alpha value is -2.32. The van der Waals surface area contributed by atoms with Gasteiger partial charge in [0.1, 0.15) is 11.4 Å². The summed E-state index contributed by atoms with van der Waals surface area (Å²) in [5.41, 5.74) is 2.68. The number of aromatic nitrogens is 1. The van der Waals surface area contributed by atoms with Gasteiger partial charge in [0, 0.05) is 24.0 Å². The summed E-state index contributed by atoms with van der Waals surface area (Å²) in [4.78, 5) is 27.4. The second kappa shape index (κ2) is 9.44. The molecular weight excluding hydrogens is 480 g/mol. The molecule has 3 aromatic rings. The largest absolute Gasteiger partial charge is 0.496 e. The van der Waals surface area contributed by atoms with E-state index in [0.717, 1.165) is 26.0 Å². The molecule has 31 heavy (non-hydrogen) atoms. The lowest BCUT2D eigenvalue weighted by atomic mass is 9.97. The predicted octanol–water partition coefficient (Wildman–Crippen LogP) is 4.94. The number of nitrogens with zero attached hydrogens (tertiary/aromatic N) is 2. The average Bonchev–Trinajstić information content (AvgIpc) is 3.34. The highest BCUT2D eigenvalue weighted by Gasteiger charge is 2.30. The minimum atomic E-state index is -0.154. The molecule has 0 spiro atoms. The van der Waals surface area contributed by atoms with Gasteiger partial charge in [0.25, 0.3) is 5.91 Å². The fourth-order valence-corrected chi connectivity index (χ4v) is 5.81. The van der Waals surface area contributed by atoms with Crippen LogP contribution in [-0.2, 0) is 16.1 Å². The molecule has 0 atom stereocenters. The van der Waals surface area contributed by atoms with E-state index in [0.29, 0.717) is 44.8 Å². The summed E-state index contributed by atoms with van der Waals surface area (Å²) in [6, 6.07) is 9.83. The van der Waals surface area contributed by atoms with Crippen LogP contribution in [0, 0.1) is 5.92 Å². The maximum Gasteiger partial charge on any atom is 0.309 e. The van der Waals surface area contributed by atoms with Crippen LogP contribution in [0.4, 0.5) is 0 Å². The molecule has 6 nitrogen and oxygen atoms in total. The molecular formula is C23H25BrN2O4S. The number of thiophene rings is 1. The number of esters is 1. The summed E-state index contributed by atoms with van der Waals surface area (Å²) in [7, 11) is 1.66. The molecule has 8 heteroatoms. The second-order valence-corrected chi connectivity index (χ2v) is 9.31. The van der Waals surface area contributed by atoms with Crippen molar-refractivity contribution < 1.29 is 19.1 Å². The number of para-hydroxylation sites is 1. The molecule has 1 aliphatic heterocycles. The number of benzene rings is 1. The van der Waals surface area contributed by atoms with Crippen molar-refractivity contribution in [1.29, 1.82) is 0 Å². The summed E-state index contributed by atoms with van der Waals surface area (Å²) in [6.07, 6.45) is 1.27. The van der Waals surface area contributed by atoms with Crippen LogP contribution >= 0.6 is 27.3 Å². The molecule has 0 unspecified atom stereocenters. The highest BCUT2D eigenvalue weighted by atomic mass is 79.9. The third kappa shape index (κ3) is 4.36. The van der Waals surface area contributed by atoms with Gasteiger partial charge in [0.15, 0.2) is 0 Å². The van der Waals surface area contributed by atoms with Gasteiger partial charge in [-0.25, -0.2) is 0 Å². The number of hydrogen-bond acceptors (Lipinski definition) is 5. The molecule has 1 amide bonds. The first-order chi connectivity index (χ1) is 15.0. The van der Waals surface area contributed by atoms with Crippen LogP contribution in [0.5, 0.6) is 5.75 Å². The summed E-state index contributed by atoms with van der Waals surface area (Å²) in [5.74, 6) is 0.512. The molecule has 1 aromatic carbocycles. The van der Waals surface area contributed by atoms with Gasteiger partial charge >= 0.3 is 5.97 Å². The summed E-state index contributed by atoms with van der Waals surface area (Å²) in [5, 5.41) is 2.04. The van der Waals surface area contributed by atoms with Crippen molar-refractivity contribution in [3.63, 3.8) is 0 Å². The first-order valence-electron chi connectivity index (χ1n) is 10.4. The number of hydrogen-bond donors (Lipinski definition) is 0. The first-order valence-corrected chi connectivity index (χ1v) is 12.0. The van der Waals surface area contributed by atoms with Gasteiger partial charge in [-0.1, -0.05) is 18.2 Å². The second-order valence-electron chi connectivity index (χ2n) is 7.54. The zero-order valence-corrected chi connectivity index (χ0v) is 20.0. The molecule has 0 bridgehead atoms. The van der Waals surface area contributed by atoms with E-state index in [1.165, 1.54) is 0 Å². The van der Waals surface area contributed by atoms with Crippen LogP contribution in [0.2, 0.25) is 0 Å². The van der Waals surface area contributed by atoms with Gasteiger partial charge in [0.2, 0.25) is 0 Å². The Morgan fingerprint density at radius 2 is 1.97 bits per heavy atom. The first kappa shape index (κ1) is 21.9. The molecule has 164 valence electrons. The van der Waals surface area contributed by atoms with E-state index in [9.17, 15) is 9.59 Å². The number of likely N-dealkylation sites (tertiary alicyclic amines) is 1. The third-order valence-corrected chi connectivity index (χ3v) is 7.55. The fourth-order valence-electron chi connectivity index (χ4n) is 4.12. The smallest absolute Gasteiger partial charge is 0.309 e. The molecule has 0 N–H and O–H groups in total. The number of carbonyl (C=O) groups excluding carboxylic acids is 2. The fraction of sp³-hybridized carbons (Fsp3) is 0.391. The SMILES string of the molecule is CCOC(=O)C1CCN(C(=O)c2cc3scc(Br)c3n2Cc2ccccc2OC)CC1. The van der Waals surface area contributed by atoms with Crippen LogP contribution in [0.3, 0.4) is 0 Å². The number of ether oxygens (including phenoxy) is 2. The van der Waals surface area contributed by atoms with Crippen LogP contribution in [0.1, 0.15) is 35.8 Å². The molecule has 3 heterocycles. The standard InChI is InChI=1S/C23H25BrN2O4S/c1-3-30-23(28)15-8-10-25(11-9-15)22(27)18-12-20-21(17(24)14-31-20)26(18)13-16-6-4-5-7-19(16)29-2/h4-7,12,14-15H,3,8-11,13H2,1-2H3. The molecule has 0 radical (unpaired) electrons. The van der Waals surface area contributed by atoms with Crippen molar-refractivity contribution in [2.24, 2.45) is 5.92 Å². The number of halogens is 1. The lowest BCUT2D eigenvalue weighted by Crippen LogP contribution is -2.41. The Kier molecular flexibility index (Phi) is 6.67. The van der Waals surface area contributed by atoms with Gasteiger partial charge < -0.3 is 18.9 Å². The average molecular weight is 505 g/mol. The maximum absolute atomic E-state index is 13.5. The molecule has 0 saturated carbocycles. The maximum atomic E-state index is 13.5. The van der Waals surface area contributed by atoms with Crippen molar-refractivity contribution >= 4 is 49.4 Å². The molecule has 2 aromatic heterocycles. The summed E-state index contributed by atoms with van der Waals surface area (Å²) < 4.78 is 14.8. The van der Waals surface area contributed by atoms with Gasteiger partial charge in [-0.05, 0) is 47.8 Å². The quantitative estimate of drug-likeness (QED) is 0.446. The van der Waals surface area contributed by atoms with E-state index in [2.05, 4.69) is 20.5 Å². The van der Waals surface area contributed by atoms with Crippen molar-refractivity contribution in [3.8, 4) is 5.75 Å². The van der Waals surface area contributed by atoms with Crippen LogP contribution in [-0.4, -0.2) is 48.1 Å². The van der Waals surface area contributed by atoms with Gasteiger partial charge in [-0.3, -0.25) is 9.59 Å². The number of carbonyl (C=O) groups is 2. The number of amides is 1. The number of rotatable bonds is 6. The third-order valence-electron chi connectivity index (χ3n) is 5.72. The Bertz CT molecular complexity index is 1100. The van der Waals surface area contributed by atoms with Crippen molar-refractivity contribution in [3.05, 3.63) is 51.4 Å². The van der Waals surface area contributed by atoms with E-state index in [-0.39, 0.29) is 17.8 Å². The van der Waals surface area contributed by atoms with Crippen LogP contribution < -0.4 is 4.74 Å². The Labute approximate surface area is 193 Å². The molecule has 1 fully saturated rings. The number of fused-ring (bicyclic) bond motifs is 1. The van der Waals surface area contributed by atoms with E-state index >= 15 is 0 Å². The Balaban J connectivity index is 1.61. The lowest BCUT2D eigenvalue weighted by molar-refractivity contribution is -0.149. The molecule has 1 saturated heterocycles. The molecule has 0 aliphatic carbocycles. The van der Waals surface area contributed by atoms with E-state index in [4.69, 9.17) is 9.47 Å². The van der Waals surface area contributed by atoms with E-state index in [1.54, 1.807) is 18.4 Å². The number of methoxy groups -OCH3 is 1. The van der Waals surface area contributed by atoms with Crippen molar-refractivity contribution in [1.82, 2.24) is 9.47 Å². The lowest BCUT2D eigenvalue weighted by Gasteiger charge is -2.31. The summed E-state index contributed by atoms with van der Waals surface area (Å²) in [6.45, 7) is 3.84. The molecule has 1 aliphatic rings. The summed E-state index contributed by atoms with van der Waals surface area (Å²) >= 11 is 5.26. The Morgan fingerprint density at radius 3 is 2.68 bits per heavy atom. The number of piperidine rings is 1. The normalized spacial score (nSPS) is 14.7. The monoisotopic (exact) mass is 504 g/mol. The van der Waals surface area contributed by atoms with Crippen molar-refractivity contribution in [2.75, 3.05) is 26.8 Å². The van der Waals surface area contributed by atoms with E-state index < -0.39 is 0 Å². The van der Waals surface area contributed by atoms with Crippen LogP contribution in [0.15, 0.2) is 40.2 Å². The van der Waals surface area contributed by atoms with Gasteiger partial charge in [0.05, 0.1) is 40.9 Å². The van der Waals surface area contributed by atoms with Crippen LogP contribution in [0.25, 0.3) is 10.2 Å². The highest BCUT2D eigenvalue weighted by molar-refractivity contribution is 9.10. The van der Waals surface area contributed by atoms with Gasteiger partial charge in [-0.2, -0.15) is 0 Å². The topological polar surface area (TPSA) is 60.8 Å². The van der Waals surface area contributed by atoms with E-state index in [1.807, 2.05) is 47.5 Å². The van der Waals surface area contributed by atoms with Gasteiger partial charge in [-0.15, -0.1) is 11.3 Å². The predicted molar refractivity (Wildman–Crippen MR) is 125 cm³/mol.